The lowest BCUT2D eigenvalue weighted by Gasteiger charge is -2.14. The number of aryl methyl sites for hydroxylation is 5. The van der Waals surface area contributed by atoms with E-state index in [0.29, 0.717) is 18.2 Å². The van der Waals surface area contributed by atoms with E-state index < -0.39 is 5.97 Å². The van der Waals surface area contributed by atoms with Crippen LogP contribution in [0.15, 0.2) is 48.5 Å². The lowest BCUT2D eigenvalue weighted by Crippen LogP contribution is -2.05. The lowest BCUT2D eigenvalue weighted by molar-refractivity contribution is -0.136. The Hall–Kier alpha value is -3.74. The Morgan fingerprint density at radius 2 is 1.56 bits per heavy atom. The van der Waals surface area contributed by atoms with Gasteiger partial charge < -0.3 is 14.4 Å². The van der Waals surface area contributed by atoms with Crippen LogP contribution in [-0.4, -0.2) is 32.0 Å². The Balaban J connectivity index is 1.54. The molecule has 6 nitrogen and oxygen atoms in total. The number of fused-ring (bicyclic) bond motifs is 1. The van der Waals surface area contributed by atoms with Gasteiger partial charge in [0.05, 0.1) is 29.3 Å². The molecule has 43 heavy (non-hydrogen) atoms. The second kappa shape index (κ2) is 12.5. The fraction of sp³-hybridized carbons (Fsp3) is 0.314. The number of carboxylic acids is 1. The molecule has 5 rings (SSSR count). The molecule has 0 amide bonds. The molecule has 0 saturated heterocycles. The normalized spacial score (nSPS) is 11.4. The average molecular weight is 619 g/mol. The van der Waals surface area contributed by atoms with E-state index in [0.717, 1.165) is 73.9 Å². The molecule has 8 heteroatoms. The number of nitrogens with zero attached hydrogens (tertiary/aromatic N) is 3. The van der Waals surface area contributed by atoms with Gasteiger partial charge in [-0.1, -0.05) is 53.5 Å². The van der Waals surface area contributed by atoms with Crippen LogP contribution in [0.5, 0.6) is 5.75 Å². The van der Waals surface area contributed by atoms with Crippen LogP contribution in [0.4, 0.5) is 0 Å². The SMILES string of the molecule is Cc1cc(OCCCc2c(C)n(Cc3ccc(CC(=O)O)cc3)c3c(-c4c(C)nn(C)c4C)c(Cl)ccc23)cc(C)c1Cl. The first-order chi connectivity index (χ1) is 20.5. The van der Waals surface area contributed by atoms with E-state index in [1.54, 1.807) is 0 Å². The Labute approximate surface area is 262 Å². The summed E-state index contributed by atoms with van der Waals surface area (Å²) in [6.07, 6.45) is 1.68. The highest BCUT2D eigenvalue weighted by Gasteiger charge is 2.24. The molecule has 2 aromatic heterocycles. The summed E-state index contributed by atoms with van der Waals surface area (Å²) >= 11 is 13.3. The van der Waals surface area contributed by atoms with Crippen molar-refractivity contribution < 1.29 is 14.6 Å². The summed E-state index contributed by atoms with van der Waals surface area (Å²) in [5.74, 6) is -0.00191. The van der Waals surface area contributed by atoms with Gasteiger partial charge in [0.25, 0.3) is 0 Å². The molecule has 0 atom stereocenters. The van der Waals surface area contributed by atoms with Crippen molar-refractivity contribution in [3.8, 4) is 16.9 Å². The third kappa shape index (κ3) is 6.17. The second-order valence-corrected chi connectivity index (χ2v) is 12.1. The van der Waals surface area contributed by atoms with Gasteiger partial charge in [-0.05, 0) is 93.5 Å². The Morgan fingerprint density at radius 1 is 0.907 bits per heavy atom. The summed E-state index contributed by atoms with van der Waals surface area (Å²) in [6.45, 7) is 11.5. The molecule has 3 aromatic carbocycles. The van der Waals surface area contributed by atoms with Crippen LogP contribution in [0, 0.1) is 34.6 Å². The molecule has 224 valence electrons. The molecule has 0 aliphatic rings. The first-order valence-electron chi connectivity index (χ1n) is 14.5. The van der Waals surface area contributed by atoms with Crippen LogP contribution < -0.4 is 4.74 Å². The lowest BCUT2D eigenvalue weighted by atomic mass is 9.98. The topological polar surface area (TPSA) is 69.3 Å². The maximum atomic E-state index is 11.2. The molecule has 0 bridgehead atoms. The average Bonchev–Trinajstić information content (AvgIpc) is 3.36. The third-order valence-corrected chi connectivity index (χ3v) is 9.20. The van der Waals surface area contributed by atoms with E-state index >= 15 is 0 Å². The molecule has 0 fully saturated rings. The van der Waals surface area contributed by atoms with Crippen molar-refractivity contribution in [2.24, 2.45) is 7.05 Å². The minimum absolute atomic E-state index is 0.00640. The van der Waals surface area contributed by atoms with Gasteiger partial charge in [-0.25, -0.2) is 0 Å². The summed E-state index contributed by atoms with van der Waals surface area (Å²) in [7, 11) is 1.96. The second-order valence-electron chi connectivity index (χ2n) is 11.3. The van der Waals surface area contributed by atoms with E-state index in [1.165, 1.54) is 16.6 Å². The summed E-state index contributed by atoms with van der Waals surface area (Å²) in [6, 6.07) is 15.9. The van der Waals surface area contributed by atoms with Crippen molar-refractivity contribution in [1.82, 2.24) is 14.3 Å². The first-order valence-corrected chi connectivity index (χ1v) is 15.2. The number of halogens is 2. The van der Waals surface area contributed by atoms with Gasteiger partial charge in [0, 0.05) is 46.5 Å². The van der Waals surface area contributed by atoms with Gasteiger partial charge in [-0.2, -0.15) is 5.10 Å². The van der Waals surface area contributed by atoms with Gasteiger partial charge in [0.1, 0.15) is 5.75 Å². The highest BCUT2D eigenvalue weighted by atomic mass is 35.5. The minimum atomic E-state index is -0.837. The van der Waals surface area contributed by atoms with Crippen LogP contribution in [0.25, 0.3) is 22.0 Å². The fourth-order valence-electron chi connectivity index (χ4n) is 6.05. The molecule has 0 aliphatic carbocycles. The van der Waals surface area contributed by atoms with Crippen molar-refractivity contribution >= 4 is 40.1 Å². The number of ether oxygens (including phenoxy) is 1. The molecule has 0 radical (unpaired) electrons. The number of rotatable bonds is 10. The van der Waals surface area contributed by atoms with E-state index in [4.69, 9.17) is 33.0 Å². The van der Waals surface area contributed by atoms with E-state index in [9.17, 15) is 9.90 Å². The third-order valence-electron chi connectivity index (χ3n) is 8.29. The number of benzene rings is 3. The zero-order valence-electron chi connectivity index (χ0n) is 25.5. The monoisotopic (exact) mass is 617 g/mol. The predicted octanol–water partition coefficient (Wildman–Crippen LogP) is 8.58. The highest BCUT2D eigenvalue weighted by Crippen LogP contribution is 2.42. The van der Waals surface area contributed by atoms with E-state index in [1.807, 2.05) is 75.0 Å². The summed E-state index contributed by atoms with van der Waals surface area (Å²) in [5.41, 5.74) is 11.4. The standard InChI is InChI=1S/C35H37Cl2N3O3/c1-20-16-27(17-21(2)34(20)37)43-15-7-8-28-23(4)40(19-26-11-9-25(10-12-26)18-31(41)42)35-29(28)13-14-30(36)33(35)32-22(3)38-39(6)24(32)5/h9-14,16-17H,7-8,15,18-19H2,1-6H3,(H,41,42). The quantitative estimate of drug-likeness (QED) is 0.159. The van der Waals surface area contributed by atoms with Gasteiger partial charge in [-0.15, -0.1) is 0 Å². The maximum Gasteiger partial charge on any atom is 0.307 e. The molecule has 0 aliphatic heterocycles. The van der Waals surface area contributed by atoms with Gasteiger partial charge in [-0.3, -0.25) is 9.48 Å². The summed E-state index contributed by atoms with van der Waals surface area (Å²) in [5, 5.41) is 16.5. The van der Waals surface area contributed by atoms with E-state index in [2.05, 4.69) is 24.5 Å². The minimum Gasteiger partial charge on any atom is -0.494 e. The van der Waals surface area contributed by atoms with Crippen LogP contribution in [0.1, 0.15) is 51.3 Å². The molecule has 0 spiro atoms. The maximum absolute atomic E-state index is 11.2. The van der Waals surface area contributed by atoms with E-state index in [-0.39, 0.29) is 6.42 Å². The largest absolute Gasteiger partial charge is 0.494 e. The smallest absolute Gasteiger partial charge is 0.307 e. The molecule has 0 unspecified atom stereocenters. The fourth-order valence-corrected chi connectivity index (χ4v) is 6.41. The zero-order chi connectivity index (χ0) is 31.0. The van der Waals surface area contributed by atoms with Crippen LogP contribution >= 0.6 is 23.2 Å². The number of aromatic nitrogens is 3. The molecular weight excluding hydrogens is 581 g/mol. The number of carbonyl (C=O) groups is 1. The Kier molecular flexibility index (Phi) is 8.91. The number of aliphatic carboxylic acids is 1. The Bertz CT molecular complexity index is 1810. The van der Waals surface area contributed by atoms with Crippen molar-refractivity contribution in [3.63, 3.8) is 0 Å². The molecule has 0 saturated carbocycles. The molecular formula is C35H37Cl2N3O3. The Morgan fingerprint density at radius 3 is 2.16 bits per heavy atom. The number of hydrogen-bond donors (Lipinski definition) is 1. The molecule has 2 heterocycles. The first kappa shape index (κ1) is 30.7. The van der Waals surface area contributed by atoms with Crippen LogP contribution in [-0.2, 0) is 31.2 Å². The van der Waals surface area contributed by atoms with Crippen molar-refractivity contribution in [2.75, 3.05) is 6.61 Å². The van der Waals surface area contributed by atoms with Gasteiger partial charge in [0.15, 0.2) is 0 Å². The molecule has 1 N–H and O–H groups in total. The molecule has 5 aromatic rings. The summed E-state index contributed by atoms with van der Waals surface area (Å²) in [4.78, 5) is 11.2. The zero-order valence-corrected chi connectivity index (χ0v) is 27.0. The summed E-state index contributed by atoms with van der Waals surface area (Å²) < 4.78 is 10.4. The van der Waals surface area contributed by atoms with Crippen molar-refractivity contribution in [2.45, 2.75) is 60.4 Å². The van der Waals surface area contributed by atoms with Gasteiger partial charge in [0.2, 0.25) is 0 Å². The number of hydrogen-bond acceptors (Lipinski definition) is 3. The van der Waals surface area contributed by atoms with Crippen molar-refractivity contribution in [1.29, 1.82) is 0 Å². The number of carboxylic acid groups (broad SMARTS) is 1. The van der Waals surface area contributed by atoms with Gasteiger partial charge >= 0.3 is 5.97 Å². The van der Waals surface area contributed by atoms with Crippen LogP contribution in [0.3, 0.4) is 0 Å². The predicted molar refractivity (Wildman–Crippen MR) is 175 cm³/mol. The van der Waals surface area contributed by atoms with Crippen molar-refractivity contribution in [3.05, 3.63) is 103 Å². The highest BCUT2D eigenvalue weighted by molar-refractivity contribution is 6.35. The van der Waals surface area contributed by atoms with Crippen LogP contribution in [0.2, 0.25) is 10.0 Å².